The number of rotatable bonds is 14. The number of aliphatic hydroxyl groups excluding tert-OH is 1. The van der Waals surface area contributed by atoms with Gasteiger partial charge in [0, 0.05) is 0 Å². The van der Waals surface area contributed by atoms with Crippen molar-refractivity contribution in [3.05, 3.63) is 0 Å². The molecule has 0 aromatic carbocycles. The highest BCUT2D eigenvalue weighted by molar-refractivity contribution is 5.95. The fourth-order valence-electron chi connectivity index (χ4n) is 2.68. The van der Waals surface area contributed by atoms with Crippen molar-refractivity contribution in [2.45, 2.75) is 71.1 Å². The molecule has 0 saturated carbocycles. The van der Waals surface area contributed by atoms with Gasteiger partial charge in [-0.15, -0.1) is 0 Å². The summed E-state index contributed by atoms with van der Waals surface area (Å²) in [5.41, 5.74) is 10.5. The number of aliphatic hydroxyl groups is 1. The van der Waals surface area contributed by atoms with Crippen LogP contribution >= 0.6 is 0 Å². The molecule has 0 aliphatic rings. The molecule has 12 heteroatoms. The molecule has 0 aromatic heterocycles. The highest BCUT2D eigenvalue weighted by Crippen LogP contribution is 2.11. The average molecular weight is 446 g/mol. The summed E-state index contributed by atoms with van der Waals surface area (Å²) in [5.74, 6) is -4.89. The van der Waals surface area contributed by atoms with Gasteiger partial charge in [0.2, 0.25) is 23.6 Å². The van der Waals surface area contributed by atoms with E-state index in [1.807, 2.05) is 6.92 Å². The van der Waals surface area contributed by atoms with E-state index in [1.54, 1.807) is 20.8 Å². The van der Waals surface area contributed by atoms with Crippen molar-refractivity contribution in [3.63, 3.8) is 0 Å². The zero-order valence-electron chi connectivity index (χ0n) is 18.4. The molecule has 0 heterocycles. The number of hydrogen-bond donors (Lipinski definition) is 7. The molecule has 0 spiro atoms. The van der Waals surface area contributed by atoms with E-state index >= 15 is 0 Å². The molecule has 0 aliphatic carbocycles. The summed E-state index contributed by atoms with van der Waals surface area (Å²) >= 11 is 0. The van der Waals surface area contributed by atoms with Crippen molar-refractivity contribution in [2.24, 2.45) is 23.3 Å². The maximum absolute atomic E-state index is 12.9. The molecule has 5 unspecified atom stereocenters. The lowest BCUT2D eigenvalue weighted by atomic mass is 9.96. The Morgan fingerprint density at radius 1 is 0.903 bits per heavy atom. The van der Waals surface area contributed by atoms with Crippen LogP contribution in [0.3, 0.4) is 0 Å². The Kier molecular flexibility index (Phi) is 12.4. The summed E-state index contributed by atoms with van der Waals surface area (Å²) in [4.78, 5) is 60.0. The summed E-state index contributed by atoms with van der Waals surface area (Å²) in [6.07, 6.45) is 0.0965. The maximum atomic E-state index is 12.9. The highest BCUT2D eigenvalue weighted by atomic mass is 16.4. The van der Waals surface area contributed by atoms with Gasteiger partial charge in [-0.2, -0.15) is 0 Å². The summed E-state index contributed by atoms with van der Waals surface area (Å²) in [5, 5.41) is 25.5. The van der Waals surface area contributed by atoms with Gasteiger partial charge in [-0.25, -0.2) is 4.79 Å². The van der Waals surface area contributed by atoms with Crippen LogP contribution in [0.15, 0.2) is 0 Å². The van der Waals surface area contributed by atoms with Gasteiger partial charge in [-0.1, -0.05) is 34.1 Å². The van der Waals surface area contributed by atoms with Gasteiger partial charge >= 0.3 is 5.97 Å². The molecule has 0 radical (unpaired) electrons. The molecular weight excluding hydrogens is 410 g/mol. The van der Waals surface area contributed by atoms with Crippen molar-refractivity contribution in [1.82, 2.24) is 16.0 Å². The Labute approximate surface area is 181 Å². The van der Waals surface area contributed by atoms with E-state index in [0.717, 1.165) is 0 Å². The van der Waals surface area contributed by atoms with Crippen molar-refractivity contribution in [1.29, 1.82) is 0 Å². The Hall–Kier alpha value is -2.73. The van der Waals surface area contributed by atoms with E-state index in [4.69, 9.17) is 16.6 Å². The standard InChI is InChI=1S/C19H35N5O7/c1-5-10(4)15(24-16(27)11(20)8-25)18(29)22-12(6-9(2)3)17(28)23-13(19(30)31)7-14(21)26/h9-13,15,25H,5-8,20H2,1-4H3,(H2,21,26)(H,22,29)(H,23,28)(H,24,27)(H,30,31). The normalized spacial score (nSPS) is 15.8. The van der Waals surface area contributed by atoms with Crippen molar-refractivity contribution in [3.8, 4) is 0 Å². The van der Waals surface area contributed by atoms with E-state index in [0.29, 0.717) is 6.42 Å². The molecule has 0 rings (SSSR count). The van der Waals surface area contributed by atoms with Gasteiger partial charge in [0.15, 0.2) is 0 Å². The minimum atomic E-state index is -1.54. The second-order valence-corrected chi connectivity index (χ2v) is 7.92. The SMILES string of the molecule is CCC(C)C(NC(=O)C(N)CO)C(=O)NC(CC(C)C)C(=O)NC(CC(N)=O)C(=O)O. The maximum Gasteiger partial charge on any atom is 0.326 e. The van der Waals surface area contributed by atoms with Crippen molar-refractivity contribution >= 4 is 29.6 Å². The average Bonchev–Trinajstić information content (AvgIpc) is 2.68. The van der Waals surface area contributed by atoms with Gasteiger partial charge in [-0.05, 0) is 18.3 Å². The van der Waals surface area contributed by atoms with Crippen LogP contribution in [-0.4, -0.2) is 70.6 Å². The first-order valence-electron chi connectivity index (χ1n) is 10.1. The number of carbonyl (C=O) groups excluding carboxylic acids is 4. The number of carbonyl (C=O) groups is 5. The number of carboxylic acid groups (broad SMARTS) is 1. The summed E-state index contributed by atoms with van der Waals surface area (Å²) in [7, 11) is 0. The lowest BCUT2D eigenvalue weighted by Crippen LogP contribution is -2.59. The Balaban J connectivity index is 5.54. The number of nitrogens with two attached hydrogens (primary N) is 2. The first kappa shape index (κ1) is 28.3. The first-order valence-corrected chi connectivity index (χ1v) is 10.1. The number of aliphatic carboxylic acids is 1. The second kappa shape index (κ2) is 13.5. The molecule has 178 valence electrons. The van der Waals surface area contributed by atoms with Crippen molar-refractivity contribution in [2.75, 3.05) is 6.61 Å². The van der Waals surface area contributed by atoms with E-state index in [2.05, 4.69) is 16.0 Å². The Bertz CT molecular complexity index is 656. The largest absolute Gasteiger partial charge is 0.480 e. The zero-order chi connectivity index (χ0) is 24.3. The van der Waals surface area contributed by atoms with E-state index in [1.165, 1.54) is 0 Å². The molecule has 31 heavy (non-hydrogen) atoms. The van der Waals surface area contributed by atoms with Gasteiger partial charge in [0.25, 0.3) is 0 Å². The molecule has 0 saturated heterocycles. The monoisotopic (exact) mass is 445 g/mol. The smallest absolute Gasteiger partial charge is 0.326 e. The molecule has 9 N–H and O–H groups in total. The molecule has 5 atom stereocenters. The quantitative estimate of drug-likeness (QED) is 0.155. The number of nitrogens with one attached hydrogen (secondary N) is 3. The van der Waals surface area contributed by atoms with Crippen LogP contribution in [0.5, 0.6) is 0 Å². The lowest BCUT2D eigenvalue weighted by molar-refractivity contribution is -0.144. The minimum absolute atomic E-state index is 0.0464. The number of carboxylic acids is 1. The topological polar surface area (TPSA) is 214 Å². The van der Waals surface area contributed by atoms with E-state index < -0.39 is 66.8 Å². The van der Waals surface area contributed by atoms with Crippen LogP contribution in [0.4, 0.5) is 0 Å². The Morgan fingerprint density at radius 3 is 1.87 bits per heavy atom. The molecular formula is C19H35N5O7. The third-order valence-corrected chi connectivity index (χ3v) is 4.69. The molecule has 12 nitrogen and oxygen atoms in total. The highest BCUT2D eigenvalue weighted by Gasteiger charge is 2.33. The van der Waals surface area contributed by atoms with Crippen LogP contribution in [0.2, 0.25) is 0 Å². The third-order valence-electron chi connectivity index (χ3n) is 4.69. The van der Waals surface area contributed by atoms with Gasteiger partial charge in [0.1, 0.15) is 24.2 Å². The molecule has 0 fully saturated rings. The Morgan fingerprint density at radius 2 is 1.45 bits per heavy atom. The number of hydrogen-bond acceptors (Lipinski definition) is 7. The predicted molar refractivity (Wildman–Crippen MR) is 111 cm³/mol. The van der Waals surface area contributed by atoms with Crippen LogP contribution in [0.25, 0.3) is 0 Å². The minimum Gasteiger partial charge on any atom is -0.480 e. The summed E-state index contributed by atoms with van der Waals surface area (Å²) in [6, 6.07) is -4.89. The van der Waals surface area contributed by atoms with Gasteiger partial charge < -0.3 is 37.6 Å². The first-order chi connectivity index (χ1) is 14.3. The molecule has 0 bridgehead atoms. The van der Waals surface area contributed by atoms with Crippen LogP contribution in [0.1, 0.15) is 47.0 Å². The van der Waals surface area contributed by atoms with Crippen LogP contribution in [0, 0.1) is 11.8 Å². The van der Waals surface area contributed by atoms with Gasteiger partial charge in [-0.3, -0.25) is 19.2 Å². The van der Waals surface area contributed by atoms with E-state index in [9.17, 15) is 29.1 Å². The van der Waals surface area contributed by atoms with Crippen molar-refractivity contribution < 1.29 is 34.2 Å². The molecule has 4 amide bonds. The molecule has 0 aromatic rings. The van der Waals surface area contributed by atoms with Gasteiger partial charge in [0.05, 0.1) is 13.0 Å². The zero-order valence-corrected chi connectivity index (χ0v) is 18.4. The fourth-order valence-corrected chi connectivity index (χ4v) is 2.68. The van der Waals surface area contributed by atoms with Crippen LogP contribution in [-0.2, 0) is 24.0 Å². The summed E-state index contributed by atoms with van der Waals surface area (Å²) in [6.45, 7) is 6.54. The van der Waals surface area contributed by atoms with Crippen LogP contribution < -0.4 is 27.4 Å². The molecule has 0 aliphatic heterocycles. The second-order valence-electron chi connectivity index (χ2n) is 7.92. The lowest BCUT2D eigenvalue weighted by Gasteiger charge is -2.28. The van der Waals surface area contributed by atoms with E-state index in [-0.39, 0.29) is 18.3 Å². The number of amides is 4. The summed E-state index contributed by atoms with van der Waals surface area (Å²) < 4.78 is 0. The fraction of sp³-hybridized carbons (Fsp3) is 0.737. The third kappa shape index (κ3) is 10.2. The number of primary amides is 1. The predicted octanol–water partition coefficient (Wildman–Crippen LogP) is -2.19.